The molecule has 0 spiro atoms. The number of rotatable bonds is 7. The van der Waals surface area contributed by atoms with Crippen LogP contribution in [-0.4, -0.2) is 42.8 Å². The van der Waals surface area contributed by atoms with Crippen LogP contribution in [0.5, 0.6) is 5.75 Å². The molecule has 1 aliphatic rings. The molecule has 0 aromatic heterocycles. The van der Waals surface area contributed by atoms with Gasteiger partial charge in [-0.3, -0.25) is 19.3 Å². The number of carbonyl (C=O) groups excluding carboxylic acids is 3. The van der Waals surface area contributed by atoms with Gasteiger partial charge in [0.2, 0.25) is 5.91 Å². The molecule has 3 rings (SSSR count). The van der Waals surface area contributed by atoms with E-state index in [1.165, 1.54) is 12.1 Å². The lowest BCUT2D eigenvalue weighted by atomic mass is 10.1. The number of fused-ring (bicyclic) bond motifs is 1. The van der Waals surface area contributed by atoms with Crippen LogP contribution < -0.4 is 10.1 Å². The number of amides is 3. The van der Waals surface area contributed by atoms with E-state index in [4.69, 9.17) is 4.74 Å². The average molecular weight is 370 g/mol. The number of nitrogens with zero attached hydrogens (tertiary/aromatic N) is 1. The van der Waals surface area contributed by atoms with Gasteiger partial charge in [0.1, 0.15) is 11.6 Å². The molecule has 2 aromatic carbocycles. The summed E-state index contributed by atoms with van der Waals surface area (Å²) in [6, 6.07) is 11.5. The van der Waals surface area contributed by atoms with Crippen LogP contribution in [0, 0.1) is 5.82 Å². The van der Waals surface area contributed by atoms with Crippen molar-refractivity contribution in [1.82, 2.24) is 10.2 Å². The average Bonchev–Trinajstić information content (AvgIpc) is 2.92. The lowest BCUT2D eigenvalue weighted by Crippen LogP contribution is -2.35. The van der Waals surface area contributed by atoms with Gasteiger partial charge in [-0.15, -0.1) is 0 Å². The number of hydrogen-bond donors (Lipinski definition) is 1. The van der Waals surface area contributed by atoms with E-state index in [2.05, 4.69) is 5.32 Å². The number of methoxy groups -OCH3 is 1. The van der Waals surface area contributed by atoms with Gasteiger partial charge in [-0.2, -0.15) is 0 Å². The number of ether oxygens (including phenoxy) is 1. The summed E-state index contributed by atoms with van der Waals surface area (Å²) in [7, 11) is 1.60. The van der Waals surface area contributed by atoms with Crippen molar-refractivity contribution in [2.45, 2.75) is 12.8 Å². The van der Waals surface area contributed by atoms with Crippen LogP contribution in [0.4, 0.5) is 4.39 Å². The molecular weight excluding hydrogens is 351 g/mol. The third-order valence-electron chi connectivity index (χ3n) is 4.41. The largest absolute Gasteiger partial charge is 0.497 e. The smallest absolute Gasteiger partial charge is 0.264 e. The topological polar surface area (TPSA) is 75.7 Å². The monoisotopic (exact) mass is 370 g/mol. The van der Waals surface area contributed by atoms with Gasteiger partial charge in [0.15, 0.2) is 0 Å². The molecule has 0 radical (unpaired) electrons. The number of hydrogen-bond acceptors (Lipinski definition) is 4. The van der Waals surface area contributed by atoms with Gasteiger partial charge in [-0.25, -0.2) is 4.39 Å². The van der Waals surface area contributed by atoms with Crippen molar-refractivity contribution in [2.75, 3.05) is 20.2 Å². The zero-order chi connectivity index (χ0) is 19.4. The first-order chi connectivity index (χ1) is 13.0. The normalized spacial score (nSPS) is 12.9. The van der Waals surface area contributed by atoms with Crippen LogP contribution >= 0.6 is 0 Å². The summed E-state index contributed by atoms with van der Waals surface area (Å²) in [5.74, 6) is -1.50. The number of carbonyl (C=O) groups is 3. The van der Waals surface area contributed by atoms with E-state index in [0.29, 0.717) is 13.0 Å². The Balaban J connectivity index is 1.47. The maximum absolute atomic E-state index is 13.8. The Hall–Kier alpha value is -3.22. The lowest BCUT2D eigenvalue weighted by Gasteiger charge is -2.13. The quantitative estimate of drug-likeness (QED) is 0.758. The van der Waals surface area contributed by atoms with E-state index in [1.54, 1.807) is 7.11 Å². The Bertz CT molecular complexity index is 880. The number of benzene rings is 2. The van der Waals surface area contributed by atoms with Gasteiger partial charge in [-0.1, -0.05) is 18.2 Å². The van der Waals surface area contributed by atoms with Crippen LogP contribution in [0.3, 0.4) is 0 Å². The molecule has 0 unspecified atom stereocenters. The van der Waals surface area contributed by atoms with E-state index in [9.17, 15) is 18.8 Å². The molecule has 1 aliphatic heterocycles. The Labute approximate surface area is 155 Å². The maximum Gasteiger partial charge on any atom is 0.264 e. The van der Waals surface area contributed by atoms with Crippen molar-refractivity contribution in [1.29, 1.82) is 0 Å². The summed E-state index contributed by atoms with van der Waals surface area (Å²) < 4.78 is 18.9. The van der Waals surface area contributed by atoms with Crippen LogP contribution in [0.2, 0.25) is 0 Å². The molecule has 1 N–H and O–H groups in total. The van der Waals surface area contributed by atoms with Crippen molar-refractivity contribution in [3.8, 4) is 5.75 Å². The molecular formula is C20H19FN2O4. The Morgan fingerprint density at radius 3 is 2.52 bits per heavy atom. The van der Waals surface area contributed by atoms with Crippen molar-refractivity contribution in [3.05, 3.63) is 65.0 Å². The first-order valence-electron chi connectivity index (χ1n) is 8.55. The van der Waals surface area contributed by atoms with Crippen molar-refractivity contribution < 1.29 is 23.5 Å². The highest BCUT2D eigenvalue weighted by Gasteiger charge is 2.37. The van der Waals surface area contributed by atoms with Gasteiger partial charge in [0, 0.05) is 19.5 Å². The van der Waals surface area contributed by atoms with Gasteiger partial charge >= 0.3 is 0 Å². The zero-order valence-corrected chi connectivity index (χ0v) is 14.8. The summed E-state index contributed by atoms with van der Waals surface area (Å²) in [6.45, 7) is 0.349. The molecule has 27 heavy (non-hydrogen) atoms. The molecule has 6 nitrogen and oxygen atoms in total. The second-order valence-electron chi connectivity index (χ2n) is 6.12. The van der Waals surface area contributed by atoms with E-state index < -0.39 is 17.6 Å². The van der Waals surface area contributed by atoms with Crippen LogP contribution in [0.25, 0.3) is 0 Å². The Kier molecular flexibility index (Phi) is 5.49. The van der Waals surface area contributed by atoms with Crippen LogP contribution in [0.15, 0.2) is 42.5 Å². The predicted molar refractivity (Wildman–Crippen MR) is 96.1 cm³/mol. The molecule has 2 aromatic rings. The fourth-order valence-corrected chi connectivity index (χ4v) is 2.94. The van der Waals surface area contributed by atoms with Crippen molar-refractivity contribution >= 4 is 17.7 Å². The third-order valence-corrected chi connectivity index (χ3v) is 4.41. The van der Waals surface area contributed by atoms with E-state index in [1.807, 2.05) is 24.3 Å². The fraction of sp³-hybridized carbons (Fsp3) is 0.250. The molecule has 140 valence electrons. The van der Waals surface area contributed by atoms with E-state index >= 15 is 0 Å². The summed E-state index contributed by atoms with van der Waals surface area (Å²) in [5, 5.41) is 2.75. The minimum Gasteiger partial charge on any atom is -0.497 e. The second kappa shape index (κ2) is 7.99. The molecule has 0 saturated carbocycles. The molecule has 0 saturated heterocycles. The molecule has 1 heterocycles. The van der Waals surface area contributed by atoms with E-state index in [0.717, 1.165) is 22.3 Å². The Morgan fingerprint density at radius 2 is 1.85 bits per heavy atom. The summed E-state index contributed by atoms with van der Waals surface area (Å²) in [6.07, 6.45) is 0.615. The van der Waals surface area contributed by atoms with Gasteiger partial charge in [0.05, 0.1) is 18.2 Å². The minimum atomic E-state index is -0.725. The Morgan fingerprint density at radius 1 is 1.11 bits per heavy atom. The predicted octanol–water partition coefficient (Wildman–Crippen LogP) is 2.18. The molecule has 0 atom stereocenters. The fourth-order valence-electron chi connectivity index (χ4n) is 2.94. The third kappa shape index (κ3) is 3.97. The number of halogens is 1. The van der Waals surface area contributed by atoms with E-state index in [-0.39, 0.29) is 30.0 Å². The molecule has 0 fully saturated rings. The standard InChI is InChI=1S/C20H19FN2O4/c1-27-14-7-5-13(6-8-14)9-11-22-17(24)10-12-23-19(25)15-3-2-4-16(21)18(15)20(23)26/h2-8H,9-12H2,1H3,(H,22,24). The summed E-state index contributed by atoms with van der Waals surface area (Å²) in [5.41, 5.74) is 0.870. The second-order valence-corrected chi connectivity index (χ2v) is 6.12. The highest BCUT2D eigenvalue weighted by molar-refractivity contribution is 6.21. The molecule has 0 bridgehead atoms. The SMILES string of the molecule is COc1ccc(CCNC(=O)CCN2C(=O)c3cccc(F)c3C2=O)cc1. The molecule has 7 heteroatoms. The van der Waals surface area contributed by atoms with Crippen molar-refractivity contribution in [2.24, 2.45) is 0 Å². The summed E-state index contributed by atoms with van der Waals surface area (Å²) >= 11 is 0. The van der Waals surface area contributed by atoms with Crippen molar-refractivity contribution in [3.63, 3.8) is 0 Å². The number of nitrogens with one attached hydrogen (secondary N) is 1. The molecule has 3 amide bonds. The van der Waals surface area contributed by atoms with Crippen LogP contribution in [0.1, 0.15) is 32.7 Å². The van der Waals surface area contributed by atoms with Gasteiger partial charge in [-0.05, 0) is 36.2 Å². The highest BCUT2D eigenvalue weighted by atomic mass is 19.1. The maximum atomic E-state index is 13.8. The lowest BCUT2D eigenvalue weighted by molar-refractivity contribution is -0.121. The summed E-state index contributed by atoms with van der Waals surface area (Å²) in [4.78, 5) is 37.3. The molecule has 0 aliphatic carbocycles. The minimum absolute atomic E-state index is 0.0320. The number of imide groups is 1. The first-order valence-corrected chi connectivity index (χ1v) is 8.55. The zero-order valence-electron chi connectivity index (χ0n) is 14.8. The highest BCUT2D eigenvalue weighted by Crippen LogP contribution is 2.25. The van der Waals surface area contributed by atoms with Gasteiger partial charge in [0.25, 0.3) is 11.8 Å². The van der Waals surface area contributed by atoms with Gasteiger partial charge < -0.3 is 10.1 Å². The van der Waals surface area contributed by atoms with Crippen LogP contribution in [-0.2, 0) is 11.2 Å². The first kappa shape index (κ1) is 18.6.